The molecule has 2 N–H and O–H groups in total. The van der Waals surface area contributed by atoms with E-state index in [1.165, 1.54) is 0 Å². The van der Waals surface area contributed by atoms with Gasteiger partial charge >= 0.3 is 0 Å². The summed E-state index contributed by atoms with van der Waals surface area (Å²) >= 11 is 0. The van der Waals surface area contributed by atoms with Crippen molar-refractivity contribution in [2.75, 3.05) is 0 Å². The summed E-state index contributed by atoms with van der Waals surface area (Å²) < 4.78 is 0. The van der Waals surface area contributed by atoms with Gasteiger partial charge in [-0.15, -0.1) is 0 Å². The number of benzene rings is 1. The molecule has 0 amide bonds. The van der Waals surface area contributed by atoms with Gasteiger partial charge in [-0.3, -0.25) is 0 Å². The first-order chi connectivity index (χ1) is 8.35. The standard InChI is InChI=1S/C12H13N3O2/c16-13-11-6-5-10-12(14-17)9-4-2-1-3-8(9)7-15(10)11/h1-4,10,16-17H,5-7H2. The van der Waals surface area contributed by atoms with E-state index >= 15 is 0 Å². The van der Waals surface area contributed by atoms with Gasteiger partial charge < -0.3 is 15.3 Å². The van der Waals surface area contributed by atoms with Crippen LogP contribution in [0.25, 0.3) is 0 Å². The van der Waals surface area contributed by atoms with Crippen molar-refractivity contribution in [3.8, 4) is 0 Å². The molecule has 0 bridgehead atoms. The Hall–Kier alpha value is -2.04. The molecule has 2 aliphatic rings. The predicted octanol–water partition coefficient (Wildman–Crippen LogP) is 1.63. The van der Waals surface area contributed by atoms with Crippen LogP contribution in [0.1, 0.15) is 24.0 Å². The van der Waals surface area contributed by atoms with Crippen molar-refractivity contribution in [2.45, 2.75) is 25.4 Å². The molecule has 88 valence electrons. The van der Waals surface area contributed by atoms with Crippen molar-refractivity contribution in [2.24, 2.45) is 10.3 Å². The summed E-state index contributed by atoms with van der Waals surface area (Å²) in [5.74, 6) is 0.672. The summed E-state index contributed by atoms with van der Waals surface area (Å²) in [6, 6.07) is 7.90. The number of oxime groups is 2. The second kappa shape index (κ2) is 3.76. The van der Waals surface area contributed by atoms with E-state index in [1.54, 1.807) is 0 Å². The molecule has 5 nitrogen and oxygen atoms in total. The van der Waals surface area contributed by atoms with Gasteiger partial charge in [-0.2, -0.15) is 0 Å². The van der Waals surface area contributed by atoms with Crippen LogP contribution in [0.15, 0.2) is 34.6 Å². The van der Waals surface area contributed by atoms with Crippen LogP contribution in [-0.4, -0.2) is 32.9 Å². The highest BCUT2D eigenvalue weighted by Crippen LogP contribution is 2.31. The first kappa shape index (κ1) is 10.1. The molecule has 0 spiro atoms. The highest BCUT2D eigenvalue weighted by molar-refractivity contribution is 6.09. The van der Waals surface area contributed by atoms with Crippen molar-refractivity contribution in [1.82, 2.24) is 4.90 Å². The smallest absolute Gasteiger partial charge is 0.145 e. The van der Waals surface area contributed by atoms with Gasteiger partial charge in [0.1, 0.15) is 11.5 Å². The van der Waals surface area contributed by atoms with Crippen LogP contribution >= 0.6 is 0 Å². The lowest BCUT2D eigenvalue weighted by atomic mass is 9.92. The number of nitrogens with zero attached hydrogens (tertiary/aromatic N) is 3. The summed E-state index contributed by atoms with van der Waals surface area (Å²) in [7, 11) is 0. The molecule has 1 saturated heterocycles. The van der Waals surface area contributed by atoms with Crippen LogP contribution < -0.4 is 0 Å². The van der Waals surface area contributed by atoms with Gasteiger partial charge in [0.25, 0.3) is 0 Å². The molecular weight excluding hydrogens is 218 g/mol. The molecule has 0 aliphatic carbocycles. The summed E-state index contributed by atoms with van der Waals surface area (Å²) in [5, 5.41) is 24.9. The second-order valence-electron chi connectivity index (χ2n) is 4.34. The second-order valence-corrected chi connectivity index (χ2v) is 4.34. The van der Waals surface area contributed by atoms with Crippen LogP contribution in [0.5, 0.6) is 0 Å². The molecule has 1 unspecified atom stereocenters. The monoisotopic (exact) mass is 231 g/mol. The zero-order valence-corrected chi connectivity index (χ0v) is 9.24. The van der Waals surface area contributed by atoms with E-state index in [9.17, 15) is 5.21 Å². The maximum Gasteiger partial charge on any atom is 0.145 e. The number of amidine groups is 1. The maximum atomic E-state index is 9.20. The lowest BCUT2D eigenvalue weighted by Crippen LogP contribution is -2.43. The van der Waals surface area contributed by atoms with Gasteiger partial charge in [0.15, 0.2) is 0 Å². The molecule has 1 fully saturated rings. The molecule has 3 rings (SSSR count). The quantitative estimate of drug-likeness (QED) is 0.526. The van der Waals surface area contributed by atoms with Crippen LogP contribution in [0, 0.1) is 0 Å². The van der Waals surface area contributed by atoms with Crippen LogP contribution in [-0.2, 0) is 6.54 Å². The molecule has 1 atom stereocenters. The minimum atomic E-state index is 0.0285. The molecule has 0 radical (unpaired) electrons. The number of fused-ring (bicyclic) bond motifs is 2. The SMILES string of the molecule is ON=C1c2ccccc2CN2C(=NO)CCC12. The van der Waals surface area contributed by atoms with E-state index in [1.807, 2.05) is 29.2 Å². The highest BCUT2D eigenvalue weighted by Gasteiger charge is 2.38. The van der Waals surface area contributed by atoms with Gasteiger partial charge in [-0.25, -0.2) is 0 Å². The zero-order valence-electron chi connectivity index (χ0n) is 9.24. The Labute approximate surface area is 98.7 Å². The Kier molecular flexibility index (Phi) is 2.24. The number of hydrogen-bond acceptors (Lipinski definition) is 4. The Morgan fingerprint density at radius 3 is 2.76 bits per heavy atom. The van der Waals surface area contributed by atoms with Crippen molar-refractivity contribution in [3.05, 3.63) is 35.4 Å². The van der Waals surface area contributed by atoms with Crippen molar-refractivity contribution in [3.63, 3.8) is 0 Å². The Balaban J connectivity index is 2.11. The summed E-state index contributed by atoms with van der Waals surface area (Å²) in [6.45, 7) is 0.708. The molecule has 17 heavy (non-hydrogen) atoms. The van der Waals surface area contributed by atoms with Crippen molar-refractivity contribution in [1.29, 1.82) is 0 Å². The topological polar surface area (TPSA) is 68.4 Å². The number of rotatable bonds is 0. The number of hydrogen-bond donors (Lipinski definition) is 2. The third kappa shape index (κ3) is 1.39. The van der Waals surface area contributed by atoms with E-state index < -0.39 is 0 Å². The third-order valence-electron chi connectivity index (χ3n) is 3.52. The zero-order chi connectivity index (χ0) is 11.8. The third-order valence-corrected chi connectivity index (χ3v) is 3.52. The fourth-order valence-electron chi connectivity index (χ4n) is 2.73. The molecule has 2 heterocycles. The van der Waals surface area contributed by atoms with Gasteiger partial charge in [0.2, 0.25) is 0 Å². The lowest BCUT2D eigenvalue weighted by molar-refractivity contribution is 0.289. The molecular formula is C12H13N3O2. The van der Waals surface area contributed by atoms with Gasteiger partial charge in [-0.1, -0.05) is 34.6 Å². The molecule has 0 saturated carbocycles. The Bertz CT molecular complexity index is 510. The van der Waals surface area contributed by atoms with Crippen LogP contribution in [0.2, 0.25) is 0 Å². The minimum absolute atomic E-state index is 0.0285. The predicted molar refractivity (Wildman–Crippen MR) is 62.6 cm³/mol. The minimum Gasteiger partial charge on any atom is -0.411 e. The van der Waals surface area contributed by atoms with Gasteiger partial charge in [0, 0.05) is 18.5 Å². The van der Waals surface area contributed by atoms with E-state index in [2.05, 4.69) is 10.3 Å². The fraction of sp³-hybridized carbons (Fsp3) is 0.333. The van der Waals surface area contributed by atoms with E-state index in [-0.39, 0.29) is 6.04 Å². The summed E-state index contributed by atoms with van der Waals surface area (Å²) in [4.78, 5) is 2.00. The van der Waals surface area contributed by atoms with E-state index in [4.69, 9.17) is 5.21 Å². The molecule has 2 aliphatic heterocycles. The van der Waals surface area contributed by atoms with Crippen LogP contribution in [0.4, 0.5) is 0 Å². The Morgan fingerprint density at radius 2 is 2.00 bits per heavy atom. The summed E-state index contributed by atoms with van der Waals surface area (Å²) in [5.41, 5.74) is 2.76. The fourth-order valence-corrected chi connectivity index (χ4v) is 2.73. The normalized spacial score (nSPS) is 27.3. The molecule has 5 heteroatoms. The van der Waals surface area contributed by atoms with Gasteiger partial charge in [0.05, 0.1) is 6.04 Å². The first-order valence-electron chi connectivity index (χ1n) is 5.63. The van der Waals surface area contributed by atoms with Crippen molar-refractivity contribution >= 4 is 11.5 Å². The molecule has 1 aromatic carbocycles. The largest absolute Gasteiger partial charge is 0.411 e. The highest BCUT2D eigenvalue weighted by atomic mass is 16.4. The first-order valence-corrected chi connectivity index (χ1v) is 5.63. The van der Waals surface area contributed by atoms with Crippen molar-refractivity contribution < 1.29 is 10.4 Å². The Morgan fingerprint density at radius 1 is 1.18 bits per heavy atom. The van der Waals surface area contributed by atoms with Crippen LogP contribution in [0.3, 0.4) is 0 Å². The van der Waals surface area contributed by atoms with Gasteiger partial charge in [-0.05, 0) is 12.0 Å². The average molecular weight is 231 g/mol. The average Bonchev–Trinajstić information content (AvgIpc) is 2.78. The summed E-state index contributed by atoms with van der Waals surface area (Å²) in [6.07, 6.45) is 1.54. The lowest BCUT2D eigenvalue weighted by Gasteiger charge is -2.33. The van der Waals surface area contributed by atoms with E-state index in [0.717, 1.165) is 17.5 Å². The molecule has 0 aromatic heterocycles. The van der Waals surface area contributed by atoms with E-state index in [0.29, 0.717) is 24.5 Å². The molecule has 1 aromatic rings. The maximum absolute atomic E-state index is 9.20.